The van der Waals surface area contributed by atoms with E-state index < -0.39 is 42.5 Å². The Morgan fingerprint density at radius 1 is 0.370 bits per heavy atom. The first-order chi connectivity index (χ1) is 21.0. The van der Waals surface area contributed by atoms with E-state index in [0.29, 0.717) is 48.3 Å². The van der Waals surface area contributed by atoms with Gasteiger partial charge in [0.2, 0.25) is 0 Å². The zero-order valence-electron chi connectivity index (χ0n) is 36.0. The summed E-state index contributed by atoms with van der Waals surface area (Å²) >= 11 is -6.53. The van der Waals surface area contributed by atoms with Crippen molar-refractivity contribution in [1.82, 2.24) is 22.9 Å². The van der Waals surface area contributed by atoms with Gasteiger partial charge in [-0.05, 0) is 0 Å². The number of nitrogens with zero attached hydrogens (tertiary/aromatic N) is 8. The van der Waals surface area contributed by atoms with Crippen LogP contribution in [0.2, 0.25) is 0 Å². The Balaban J connectivity index is 0. The summed E-state index contributed by atoms with van der Waals surface area (Å²) in [5.74, 6) is 0. The average molecular weight is 903 g/mol. The number of hydrogen-bond acceptors (Lipinski definition) is 8. The van der Waals surface area contributed by atoms with Gasteiger partial charge in [-0.15, -0.1) is 0 Å². The second-order valence-corrected chi connectivity index (χ2v) is 38.4. The fourth-order valence-corrected chi connectivity index (χ4v) is 45.0. The van der Waals surface area contributed by atoms with Gasteiger partial charge in [-0.3, -0.25) is 0 Å². The van der Waals surface area contributed by atoms with Crippen molar-refractivity contribution in [3.63, 3.8) is 0 Å². The van der Waals surface area contributed by atoms with Crippen molar-refractivity contribution in [2.24, 2.45) is 0 Å². The van der Waals surface area contributed by atoms with Gasteiger partial charge in [0.25, 0.3) is 0 Å². The molecular formula is C36H88HfN8Zr. The third-order valence-electron chi connectivity index (χ3n) is 9.78. The molecule has 0 rings (SSSR count). The van der Waals surface area contributed by atoms with Gasteiger partial charge in [0.1, 0.15) is 0 Å². The van der Waals surface area contributed by atoms with E-state index in [4.69, 9.17) is 0 Å². The normalized spacial score (nSPS) is 14.1. The first-order valence-corrected chi connectivity index (χ1v) is 29.8. The molecule has 0 amide bonds. The molecule has 0 heterocycles. The Morgan fingerprint density at radius 3 is 0.717 bits per heavy atom. The van der Waals surface area contributed by atoms with E-state index in [1.54, 1.807) is 0 Å². The van der Waals surface area contributed by atoms with Crippen LogP contribution in [0.4, 0.5) is 0 Å². The molecule has 10 heteroatoms. The van der Waals surface area contributed by atoms with E-state index in [-0.39, 0.29) is 0 Å². The van der Waals surface area contributed by atoms with E-state index in [1.807, 2.05) is 0 Å². The molecule has 0 aliphatic heterocycles. The molecule has 0 aromatic carbocycles. The molecule has 0 radical (unpaired) electrons. The fraction of sp³-hybridized carbons (Fsp3) is 1.00. The van der Waals surface area contributed by atoms with Crippen LogP contribution in [0.25, 0.3) is 0 Å². The van der Waals surface area contributed by atoms with Crippen LogP contribution in [0, 0.1) is 0 Å². The maximum absolute atomic E-state index is 3.35. The van der Waals surface area contributed by atoms with Crippen molar-refractivity contribution in [1.29, 1.82) is 0 Å². The van der Waals surface area contributed by atoms with Gasteiger partial charge < -0.3 is 0 Å². The molecule has 0 bridgehead atoms. The molecule has 0 aliphatic rings. The fourth-order valence-electron chi connectivity index (χ4n) is 8.43. The average Bonchev–Trinajstić information content (AvgIpc) is 2.92. The molecular weight excluding hydrogens is 814 g/mol. The Hall–Kier alpha value is 1.43. The van der Waals surface area contributed by atoms with Crippen LogP contribution < -0.4 is 0 Å². The van der Waals surface area contributed by atoms with Crippen molar-refractivity contribution < 1.29 is 42.5 Å². The van der Waals surface area contributed by atoms with Gasteiger partial charge in [0, 0.05) is 0 Å². The third kappa shape index (κ3) is 11.2. The third-order valence-corrected chi connectivity index (χ3v) is 46.9. The summed E-state index contributed by atoms with van der Waals surface area (Å²) < 4.78 is 22.4. The first kappa shape index (κ1) is 49.5. The van der Waals surface area contributed by atoms with Crippen molar-refractivity contribution in [2.75, 3.05) is 54.4 Å². The summed E-state index contributed by atoms with van der Waals surface area (Å²) in [4.78, 5) is 0. The maximum atomic E-state index is 2.89. The molecule has 0 aromatic rings. The molecule has 0 atom stereocenters. The zero-order valence-corrected chi connectivity index (χ0v) is 42.1. The summed E-state index contributed by atoms with van der Waals surface area (Å²) in [6.07, 6.45) is 0. The summed E-state index contributed by atoms with van der Waals surface area (Å²) in [5, 5.41) is 0. The molecule has 0 N–H and O–H groups in total. The van der Waals surface area contributed by atoms with Crippen LogP contribution in [0.1, 0.15) is 138 Å². The van der Waals surface area contributed by atoms with Crippen LogP contribution >= 0.6 is 0 Å². The molecule has 0 spiro atoms. The van der Waals surface area contributed by atoms with Crippen molar-refractivity contribution >= 4 is 0 Å². The number of hydrogen-bond donors (Lipinski definition) is 0. The van der Waals surface area contributed by atoms with Crippen LogP contribution in [0.5, 0.6) is 0 Å². The minimum atomic E-state index is -3.35. The predicted octanol–water partition coefficient (Wildman–Crippen LogP) is 7.88. The van der Waals surface area contributed by atoms with Gasteiger partial charge in [0.05, 0.1) is 0 Å². The molecule has 0 fully saturated rings. The van der Waals surface area contributed by atoms with Gasteiger partial charge in [-0.1, -0.05) is 0 Å². The van der Waals surface area contributed by atoms with Crippen molar-refractivity contribution in [3.05, 3.63) is 0 Å². The van der Waals surface area contributed by atoms with Crippen LogP contribution in [0.15, 0.2) is 0 Å². The molecule has 0 unspecified atom stereocenters. The molecule has 0 saturated heterocycles. The van der Waals surface area contributed by atoms with Crippen LogP contribution in [-0.4, -0.2) is 126 Å². The molecule has 46 heavy (non-hydrogen) atoms. The SMILES string of the molecule is CC[N](C)[Hf]([N](C)CC)([N](C(C)C)C(C)C)[N](C(C)C)C(C)C.CC[N](C)[Zr]([N](C)CC)([N](C(C)C)C(C)C)[N](C(C)C)C(C)C. The van der Waals surface area contributed by atoms with E-state index in [0.717, 1.165) is 26.2 Å². The first-order valence-electron chi connectivity index (χ1n) is 19.0. The standard InChI is InChI=1S/4C6H14N.4C3H8N.Hf.Zr/c4*1-5(2)7-6(3)4;4*1-3-4-2;;/h4*5-6H,1-4H3;4*3H2,1-2H3;;/q8*-1;2*+4. The van der Waals surface area contributed by atoms with Gasteiger partial charge >= 0.3 is 307 Å². The van der Waals surface area contributed by atoms with E-state index in [9.17, 15) is 0 Å². The topological polar surface area (TPSA) is 25.9 Å². The Labute approximate surface area is 304 Å². The quantitative estimate of drug-likeness (QED) is 0.114. The summed E-state index contributed by atoms with van der Waals surface area (Å²) in [7, 11) is 9.45. The molecule has 280 valence electrons. The van der Waals surface area contributed by atoms with Crippen LogP contribution in [-0.2, 0) is 42.5 Å². The van der Waals surface area contributed by atoms with Gasteiger partial charge in [-0.25, -0.2) is 0 Å². The van der Waals surface area contributed by atoms with Gasteiger partial charge in [0.15, 0.2) is 0 Å². The number of rotatable bonds is 20. The Morgan fingerprint density at radius 2 is 0.587 bits per heavy atom. The van der Waals surface area contributed by atoms with Crippen LogP contribution in [0.3, 0.4) is 0 Å². The predicted molar refractivity (Wildman–Crippen MR) is 202 cm³/mol. The Bertz CT molecular complexity index is 632. The van der Waals surface area contributed by atoms with Crippen molar-refractivity contribution in [3.8, 4) is 0 Å². The molecule has 8 nitrogen and oxygen atoms in total. The monoisotopic (exact) mass is 903 g/mol. The van der Waals surface area contributed by atoms with E-state index in [2.05, 4.69) is 190 Å². The summed E-state index contributed by atoms with van der Waals surface area (Å²) in [6, 6.07) is 4.42. The summed E-state index contributed by atoms with van der Waals surface area (Å²) in [5.41, 5.74) is 0. The minimum absolute atomic E-state index is 0.550. The van der Waals surface area contributed by atoms with E-state index in [1.165, 1.54) is 0 Å². The van der Waals surface area contributed by atoms with Gasteiger partial charge in [-0.2, -0.15) is 0 Å². The molecule has 0 saturated carbocycles. The molecule has 0 aliphatic carbocycles. The molecule has 0 aromatic heterocycles. The van der Waals surface area contributed by atoms with E-state index >= 15 is 0 Å². The summed E-state index contributed by atoms with van der Waals surface area (Å²) in [6.45, 7) is 51.7. The van der Waals surface area contributed by atoms with Crippen molar-refractivity contribution in [2.45, 2.75) is 187 Å². The second kappa shape index (κ2) is 22.4. The zero-order chi connectivity index (χ0) is 37.1. The second-order valence-electron chi connectivity index (χ2n) is 15.6. The Kier molecular flexibility index (Phi) is 24.1.